The van der Waals surface area contributed by atoms with Crippen molar-refractivity contribution < 1.29 is 19.0 Å². The van der Waals surface area contributed by atoms with Crippen molar-refractivity contribution in [2.75, 3.05) is 25.6 Å². The zero-order chi connectivity index (χ0) is 19.5. The molecule has 2 aliphatic heterocycles. The average Bonchev–Trinajstić information content (AvgIpc) is 2.72. The number of esters is 1. The van der Waals surface area contributed by atoms with Crippen molar-refractivity contribution in [3.05, 3.63) is 53.9 Å². The van der Waals surface area contributed by atoms with E-state index in [2.05, 4.69) is 16.9 Å². The molecular formula is C22H24N2O4. The number of ether oxygens (including phenoxy) is 3. The second-order valence-corrected chi connectivity index (χ2v) is 7.11. The molecule has 0 radical (unpaired) electrons. The van der Waals surface area contributed by atoms with Crippen LogP contribution in [0.15, 0.2) is 42.7 Å². The van der Waals surface area contributed by atoms with E-state index in [0.29, 0.717) is 12.0 Å². The Kier molecular flexibility index (Phi) is 5.19. The summed E-state index contributed by atoms with van der Waals surface area (Å²) in [6.45, 7) is 0.937. The normalized spacial score (nSPS) is 20.9. The second kappa shape index (κ2) is 7.92. The molecule has 0 aliphatic carbocycles. The first-order chi connectivity index (χ1) is 13.7. The number of methoxy groups -OCH3 is 1. The Morgan fingerprint density at radius 1 is 1.32 bits per heavy atom. The van der Waals surface area contributed by atoms with Gasteiger partial charge in [0.1, 0.15) is 12.2 Å². The summed E-state index contributed by atoms with van der Waals surface area (Å²) in [7, 11) is 3.74. The molecule has 4 rings (SSSR count). The number of nitrogens with zero attached hydrogens (tertiary/aromatic N) is 2. The number of aromatic nitrogens is 1. The third-order valence-corrected chi connectivity index (χ3v) is 5.20. The van der Waals surface area contributed by atoms with Gasteiger partial charge < -0.3 is 19.1 Å². The van der Waals surface area contributed by atoms with E-state index in [4.69, 9.17) is 14.2 Å². The Bertz CT molecular complexity index is 882. The SMILES string of the molecule is COc1ccc2c3c1O[C@H](CCCN2C)C[C@@H](OC(=O)c1cccnc1)C=C3. The summed E-state index contributed by atoms with van der Waals surface area (Å²) < 4.78 is 17.7. The number of anilines is 1. The molecule has 4 bridgehead atoms. The molecule has 2 atom stereocenters. The Morgan fingerprint density at radius 3 is 3.00 bits per heavy atom. The lowest BCUT2D eigenvalue weighted by atomic mass is 10.0. The number of rotatable bonds is 3. The molecule has 146 valence electrons. The van der Waals surface area contributed by atoms with Crippen LogP contribution in [0.4, 0.5) is 5.69 Å². The van der Waals surface area contributed by atoms with Crippen LogP contribution in [0.5, 0.6) is 11.5 Å². The van der Waals surface area contributed by atoms with Crippen LogP contribution in [0, 0.1) is 0 Å². The van der Waals surface area contributed by atoms with E-state index in [1.54, 1.807) is 25.4 Å². The number of fused-ring (bicyclic) bond motifs is 1. The number of hydrogen-bond acceptors (Lipinski definition) is 6. The van der Waals surface area contributed by atoms with Crippen molar-refractivity contribution in [1.29, 1.82) is 0 Å². The van der Waals surface area contributed by atoms with E-state index in [-0.39, 0.29) is 18.2 Å². The predicted octanol–water partition coefficient (Wildman–Crippen LogP) is 3.71. The summed E-state index contributed by atoms with van der Waals surface area (Å²) in [5, 5.41) is 0. The molecule has 6 nitrogen and oxygen atoms in total. The van der Waals surface area contributed by atoms with Gasteiger partial charge in [0.15, 0.2) is 11.5 Å². The molecule has 2 aromatic rings. The van der Waals surface area contributed by atoms with Crippen LogP contribution in [-0.2, 0) is 4.74 Å². The van der Waals surface area contributed by atoms with Crippen molar-refractivity contribution in [1.82, 2.24) is 4.98 Å². The van der Waals surface area contributed by atoms with Crippen LogP contribution < -0.4 is 14.4 Å². The van der Waals surface area contributed by atoms with E-state index in [1.807, 2.05) is 24.3 Å². The van der Waals surface area contributed by atoms with E-state index in [9.17, 15) is 4.79 Å². The van der Waals surface area contributed by atoms with Gasteiger partial charge in [-0.2, -0.15) is 0 Å². The van der Waals surface area contributed by atoms with Gasteiger partial charge in [0.2, 0.25) is 0 Å². The van der Waals surface area contributed by atoms with Crippen LogP contribution >= 0.6 is 0 Å². The van der Waals surface area contributed by atoms with Gasteiger partial charge in [0.25, 0.3) is 0 Å². The highest BCUT2D eigenvalue weighted by Crippen LogP contribution is 2.42. The minimum absolute atomic E-state index is 0.0638. The average molecular weight is 380 g/mol. The molecule has 0 unspecified atom stereocenters. The van der Waals surface area contributed by atoms with Crippen molar-refractivity contribution in [2.24, 2.45) is 0 Å². The third-order valence-electron chi connectivity index (χ3n) is 5.20. The van der Waals surface area contributed by atoms with E-state index < -0.39 is 0 Å². The van der Waals surface area contributed by atoms with E-state index in [0.717, 1.165) is 42.1 Å². The number of carbonyl (C=O) groups is 1. The molecule has 1 aromatic heterocycles. The lowest BCUT2D eigenvalue weighted by molar-refractivity contribution is 0.0284. The maximum absolute atomic E-state index is 12.5. The van der Waals surface area contributed by atoms with Gasteiger partial charge in [-0.25, -0.2) is 4.79 Å². The first kappa shape index (κ1) is 18.3. The first-order valence-electron chi connectivity index (χ1n) is 9.53. The Morgan fingerprint density at radius 2 is 2.21 bits per heavy atom. The quantitative estimate of drug-likeness (QED) is 0.757. The third kappa shape index (κ3) is 3.67. The van der Waals surface area contributed by atoms with Crippen LogP contribution in [0.25, 0.3) is 6.08 Å². The molecule has 0 N–H and O–H groups in total. The number of benzene rings is 1. The lowest BCUT2D eigenvalue weighted by Gasteiger charge is -2.27. The van der Waals surface area contributed by atoms with Gasteiger partial charge in [0.05, 0.1) is 12.7 Å². The van der Waals surface area contributed by atoms with Crippen molar-refractivity contribution >= 4 is 17.7 Å². The lowest BCUT2D eigenvalue weighted by Crippen LogP contribution is -2.28. The van der Waals surface area contributed by atoms with Crippen molar-refractivity contribution in [3.8, 4) is 11.5 Å². The summed E-state index contributed by atoms with van der Waals surface area (Å²) in [4.78, 5) is 18.7. The number of hydrogen-bond donors (Lipinski definition) is 0. The van der Waals surface area contributed by atoms with Crippen molar-refractivity contribution in [2.45, 2.75) is 31.5 Å². The fourth-order valence-corrected chi connectivity index (χ4v) is 3.73. The molecule has 6 heteroatoms. The second-order valence-electron chi connectivity index (χ2n) is 7.11. The molecule has 3 heterocycles. The molecular weight excluding hydrogens is 356 g/mol. The summed E-state index contributed by atoms with van der Waals surface area (Å²) in [5.41, 5.74) is 2.48. The highest BCUT2D eigenvalue weighted by atomic mass is 16.5. The molecule has 0 amide bonds. The van der Waals surface area contributed by atoms with E-state index in [1.165, 1.54) is 6.20 Å². The number of carbonyl (C=O) groups excluding carboxylic acids is 1. The summed E-state index contributed by atoms with van der Waals surface area (Å²) in [6, 6.07) is 7.42. The molecule has 0 fully saturated rings. The molecule has 28 heavy (non-hydrogen) atoms. The minimum atomic E-state index is -0.375. The van der Waals surface area contributed by atoms with Gasteiger partial charge in [0, 0.05) is 43.7 Å². The maximum atomic E-state index is 12.5. The Balaban J connectivity index is 1.69. The van der Waals surface area contributed by atoms with Gasteiger partial charge in [-0.1, -0.05) is 0 Å². The molecule has 2 aliphatic rings. The van der Waals surface area contributed by atoms with Crippen LogP contribution in [0.3, 0.4) is 0 Å². The maximum Gasteiger partial charge on any atom is 0.340 e. The van der Waals surface area contributed by atoms with Gasteiger partial charge in [-0.15, -0.1) is 0 Å². The largest absolute Gasteiger partial charge is 0.493 e. The smallest absolute Gasteiger partial charge is 0.340 e. The summed E-state index contributed by atoms with van der Waals surface area (Å²) in [6.07, 6.45) is 9.11. The van der Waals surface area contributed by atoms with Gasteiger partial charge in [-0.3, -0.25) is 4.98 Å². The molecule has 0 saturated heterocycles. The molecule has 0 spiro atoms. The number of pyridine rings is 1. The van der Waals surface area contributed by atoms with Crippen LogP contribution in [-0.4, -0.2) is 43.9 Å². The Labute approximate surface area is 164 Å². The van der Waals surface area contributed by atoms with Crippen LogP contribution in [0.2, 0.25) is 0 Å². The highest BCUT2D eigenvalue weighted by Gasteiger charge is 2.28. The van der Waals surface area contributed by atoms with Gasteiger partial charge in [-0.05, 0) is 49.3 Å². The molecule has 1 aromatic carbocycles. The summed E-state index contributed by atoms with van der Waals surface area (Å²) in [5.74, 6) is 1.10. The fraction of sp³-hybridized carbons (Fsp3) is 0.364. The zero-order valence-corrected chi connectivity index (χ0v) is 16.1. The van der Waals surface area contributed by atoms with Gasteiger partial charge >= 0.3 is 5.97 Å². The molecule has 0 saturated carbocycles. The fourth-order valence-electron chi connectivity index (χ4n) is 3.73. The monoisotopic (exact) mass is 380 g/mol. The zero-order valence-electron chi connectivity index (χ0n) is 16.1. The van der Waals surface area contributed by atoms with E-state index >= 15 is 0 Å². The predicted molar refractivity (Wildman–Crippen MR) is 107 cm³/mol. The summed E-state index contributed by atoms with van der Waals surface area (Å²) >= 11 is 0. The highest BCUT2D eigenvalue weighted by molar-refractivity contribution is 5.89. The van der Waals surface area contributed by atoms with Crippen LogP contribution in [0.1, 0.15) is 35.2 Å². The van der Waals surface area contributed by atoms with Crippen molar-refractivity contribution in [3.63, 3.8) is 0 Å². The first-order valence-corrected chi connectivity index (χ1v) is 9.53. The minimum Gasteiger partial charge on any atom is -0.493 e. The Hall–Kier alpha value is -3.02. The topological polar surface area (TPSA) is 60.9 Å². The standard InChI is InChI=1S/C22H24N2O4/c1-24-12-4-6-16-13-17(28-22(25)15-5-3-11-23-14-15)7-8-18-19(24)9-10-20(26-2)21(18)27-16/h3,5,7-11,14,16-17H,4,6,12-13H2,1-2H3/t16-,17+/m1/s1.